The quantitative estimate of drug-likeness (QED) is 0.871. The largest absolute Gasteiger partial charge is 0.380 e. The van der Waals surface area contributed by atoms with Gasteiger partial charge in [0.15, 0.2) is 0 Å². The average molecular weight is 227 g/mol. The molecule has 0 aliphatic heterocycles. The average Bonchev–Trinajstić information content (AvgIpc) is 2.40. The van der Waals surface area contributed by atoms with Crippen LogP contribution in [0, 0.1) is 0 Å². The Hall–Kier alpha value is -1.64. The Kier molecular flexibility index (Phi) is 3.91. The summed E-state index contributed by atoms with van der Waals surface area (Å²) in [7, 11) is 1.71. The smallest absolute Gasteiger partial charge is 0.0713 e. The zero-order valence-corrected chi connectivity index (χ0v) is 10.0. The fourth-order valence-corrected chi connectivity index (χ4v) is 1.93. The van der Waals surface area contributed by atoms with Crippen LogP contribution in [0.4, 0.5) is 0 Å². The van der Waals surface area contributed by atoms with Crippen molar-refractivity contribution in [2.24, 2.45) is 5.73 Å². The van der Waals surface area contributed by atoms with Gasteiger partial charge in [-0.2, -0.15) is 0 Å². The fraction of sp³-hybridized carbons (Fsp3) is 0.200. The van der Waals surface area contributed by atoms with Crippen molar-refractivity contribution in [2.45, 2.75) is 13.2 Å². The van der Waals surface area contributed by atoms with Gasteiger partial charge in [0.1, 0.15) is 0 Å². The van der Waals surface area contributed by atoms with Gasteiger partial charge >= 0.3 is 0 Å². The Morgan fingerprint density at radius 3 is 2.35 bits per heavy atom. The van der Waals surface area contributed by atoms with E-state index in [0.29, 0.717) is 13.2 Å². The van der Waals surface area contributed by atoms with Gasteiger partial charge in [-0.15, -0.1) is 0 Å². The van der Waals surface area contributed by atoms with E-state index in [-0.39, 0.29) is 0 Å². The minimum absolute atomic E-state index is 0.565. The van der Waals surface area contributed by atoms with Crippen molar-refractivity contribution >= 4 is 0 Å². The maximum atomic E-state index is 5.75. The summed E-state index contributed by atoms with van der Waals surface area (Å²) in [5.41, 5.74) is 10.5. The number of benzene rings is 2. The first-order chi connectivity index (χ1) is 8.35. The molecule has 0 aliphatic carbocycles. The molecular formula is C15H17NO. The first-order valence-electron chi connectivity index (χ1n) is 5.71. The molecule has 2 aromatic rings. The van der Waals surface area contributed by atoms with E-state index in [9.17, 15) is 0 Å². The van der Waals surface area contributed by atoms with Gasteiger partial charge in [0.2, 0.25) is 0 Å². The SMILES string of the molecule is COCc1ccc(-c2ccccc2CN)cc1. The molecule has 0 spiro atoms. The van der Waals surface area contributed by atoms with Crippen molar-refractivity contribution < 1.29 is 4.74 Å². The van der Waals surface area contributed by atoms with E-state index in [2.05, 4.69) is 36.4 Å². The summed E-state index contributed by atoms with van der Waals surface area (Å²) in [6.45, 7) is 1.22. The molecule has 0 saturated heterocycles. The van der Waals surface area contributed by atoms with Gasteiger partial charge in [0, 0.05) is 13.7 Å². The molecule has 0 bridgehead atoms. The second kappa shape index (κ2) is 5.62. The predicted molar refractivity (Wildman–Crippen MR) is 70.5 cm³/mol. The highest BCUT2D eigenvalue weighted by atomic mass is 16.5. The zero-order chi connectivity index (χ0) is 12.1. The van der Waals surface area contributed by atoms with E-state index in [1.165, 1.54) is 22.3 Å². The summed E-state index contributed by atoms with van der Waals surface area (Å²) in [6.07, 6.45) is 0. The molecule has 17 heavy (non-hydrogen) atoms. The normalized spacial score (nSPS) is 10.5. The lowest BCUT2D eigenvalue weighted by Crippen LogP contribution is -1.98. The van der Waals surface area contributed by atoms with Crippen LogP contribution >= 0.6 is 0 Å². The maximum absolute atomic E-state index is 5.75. The van der Waals surface area contributed by atoms with Crippen molar-refractivity contribution in [3.05, 3.63) is 59.7 Å². The first kappa shape index (κ1) is 11.8. The first-order valence-corrected chi connectivity index (χ1v) is 5.71. The summed E-state index contributed by atoms with van der Waals surface area (Å²) in [5.74, 6) is 0. The standard InChI is InChI=1S/C15H17NO/c1-17-11-12-6-8-13(9-7-12)15-5-3-2-4-14(15)10-16/h2-9H,10-11,16H2,1H3. The lowest BCUT2D eigenvalue weighted by Gasteiger charge is -2.08. The highest BCUT2D eigenvalue weighted by Crippen LogP contribution is 2.23. The lowest BCUT2D eigenvalue weighted by atomic mass is 9.99. The Labute approximate surface area is 102 Å². The summed E-state index contributed by atoms with van der Waals surface area (Å²) in [4.78, 5) is 0. The molecule has 0 aromatic heterocycles. The number of rotatable bonds is 4. The summed E-state index contributed by atoms with van der Waals surface area (Å²) in [6, 6.07) is 16.6. The van der Waals surface area contributed by atoms with Crippen molar-refractivity contribution in [1.29, 1.82) is 0 Å². The third-order valence-electron chi connectivity index (χ3n) is 2.81. The molecule has 0 amide bonds. The van der Waals surface area contributed by atoms with Gasteiger partial charge < -0.3 is 10.5 Å². The van der Waals surface area contributed by atoms with Gasteiger partial charge in [-0.1, -0.05) is 48.5 Å². The molecule has 0 fully saturated rings. The Balaban J connectivity index is 2.33. The van der Waals surface area contributed by atoms with Crippen molar-refractivity contribution in [1.82, 2.24) is 0 Å². The van der Waals surface area contributed by atoms with E-state index in [1.54, 1.807) is 7.11 Å². The molecule has 2 heteroatoms. The number of hydrogen-bond donors (Lipinski definition) is 1. The zero-order valence-electron chi connectivity index (χ0n) is 10.0. The topological polar surface area (TPSA) is 35.2 Å². The van der Waals surface area contributed by atoms with Crippen LogP contribution in [-0.4, -0.2) is 7.11 Å². The molecule has 88 valence electrons. The van der Waals surface area contributed by atoms with Gasteiger partial charge in [0.25, 0.3) is 0 Å². The molecule has 0 aliphatic rings. The van der Waals surface area contributed by atoms with Crippen molar-refractivity contribution in [3.8, 4) is 11.1 Å². The van der Waals surface area contributed by atoms with Crippen LogP contribution in [0.25, 0.3) is 11.1 Å². The van der Waals surface area contributed by atoms with Crippen LogP contribution in [-0.2, 0) is 17.9 Å². The fourth-order valence-electron chi connectivity index (χ4n) is 1.93. The van der Waals surface area contributed by atoms with Crippen molar-refractivity contribution in [2.75, 3.05) is 7.11 Å². The van der Waals surface area contributed by atoms with E-state index >= 15 is 0 Å². The van der Waals surface area contributed by atoms with Gasteiger partial charge in [0.05, 0.1) is 6.61 Å². The van der Waals surface area contributed by atoms with Gasteiger partial charge in [-0.3, -0.25) is 0 Å². The number of nitrogens with two attached hydrogens (primary N) is 1. The number of methoxy groups -OCH3 is 1. The highest BCUT2D eigenvalue weighted by Gasteiger charge is 2.02. The molecule has 0 atom stereocenters. The Morgan fingerprint density at radius 1 is 1.00 bits per heavy atom. The Bertz CT molecular complexity index is 477. The maximum Gasteiger partial charge on any atom is 0.0713 e. The molecule has 2 aromatic carbocycles. The number of hydrogen-bond acceptors (Lipinski definition) is 2. The summed E-state index contributed by atoms with van der Waals surface area (Å²) < 4.78 is 5.10. The second-order valence-corrected chi connectivity index (χ2v) is 3.99. The van der Waals surface area contributed by atoms with Crippen LogP contribution in [0.2, 0.25) is 0 Å². The van der Waals surface area contributed by atoms with Crippen LogP contribution in [0.3, 0.4) is 0 Å². The lowest BCUT2D eigenvalue weighted by molar-refractivity contribution is 0.185. The molecule has 2 rings (SSSR count). The van der Waals surface area contributed by atoms with Crippen molar-refractivity contribution in [3.63, 3.8) is 0 Å². The second-order valence-electron chi connectivity index (χ2n) is 3.99. The minimum Gasteiger partial charge on any atom is -0.380 e. The molecule has 0 saturated carbocycles. The minimum atomic E-state index is 0.565. The molecule has 0 radical (unpaired) electrons. The monoisotopic (exact) mass is 227 g/mol. The predicted octanol–water partition coefficient (Wildman–Crippen LogP) is 2.96. The highest BCUT2D eigenvalue weighted by molar-refractivity contribution is 5.67. The van der Waals surface area contributed by atoms with Gasteiger partial charge in [-0.25, -0.2) is 0 Å². The molecule has 2 N–H and O–H groups in total. The molecule has 2 nitrogen and oxygen atoms in total. The Morgan fingerprint density at radius 2 is 1.71 bits per heavy atom. The van der Waals surface area contributed by atoms with E-state index in [1.807, 2.05) is 12.1 Å². The van der Waals surface area contributed by atoms with E-state index in [0.717, 1.165) is 0 Å². The third kappa shape index (κ3) is 2.73. The van der Waals surface area contributed by atoms with Crippen LogP contribution < -0.4 is 5.73 Å². The summed E-state index contributed by atoms with van der Waals surface area (Å²) >= 11 is 0. The number of ether oxygens (including phenoxy) is 1. The third-order valence-corrected chi connectivity index (χ3v) is 2.81. The van der Waals surface area contributed by atoms with E-state index < -0.39 is 0 Å². The molecule has 0 heterocycles. The summed E-state index contributed by atoms with van der Waals surface area (Å²) in [5, 5.41) is 0. The van der Waals surface area contributed by atoms with Crippen LogP contribution in [0.15, 0.2) is 48.5 Å². The van der Waals surface area contributed by atoms with E-state index in [4.69, 9.17) is 10.5 Å². The molecular weight excluding hydrogens is 210 g/mol. The molecule has 0 unspecified atom stereocenters. The van der Waals surface area contributed by atoms with Crippen LogP contribution in [0.5, 0.6) is 0 Å². The van der Waals surface area contributed by atoms with Gasteiger partial charge in [-0.05, 0) is 22.3 Å². The van der Waals surface area contributed by atoms with Crippen LogP contribution in [0.1, 0.15) is 11.1 Å².